The predicted octanol–water partition coefficient (Wildman–Crippen LogP) is 0.555. The van der Waals surface area contributed by atoms with E-state index in [1.807, 2.05) is 6.07 Å². The maximum Gasteiger partial charge on any atom is 0.214 e. The highest BCUT2D eigenvalue weighted by Crippen LogP contribution is 2.19. The number of hydrogen-bond acceptors (Lipinski definition) is 5. The zero-order chi connectivity index (χ0) is 15.5. The van der Waals surface area contributed by atoms with Gasteiger partial charge in [0.2, 0.25) is 10.0 Å². The molecule has 8 heteroatoms. The number of nitriles is 1. The highest BCUT2D eigenvalue weighted by Gasteiger charge is 2.32. The second-order valence-corrected chi connectivity index (χ2v) is 9.38. The van der Waals surface area contributed by atoms with E-state index in [1.54, 1.807) is 24.3 Å². The molecule has 0 bridgehead atoms. The quantitative estimate of drug-likeness (QED) is 0.869. The Bertz CT molecular complexity index is 750. The van der Waals surface area contributed by atoms with Gasteiger partial charge in [0.25, 0.3) is 0 Å². The van der Waals surface area contributed by atoms with Gasteiger partial charge in [-0.05, 0) is 30.5 Å². The van der Waals surface area contributed by atoms with Crippen molar-refractivity contribution < 1.29 is 16.8 Å². The molecule has 0 aliphatic carbocycles. The third kappa shape index (κ3) is 4.27. The Kier molecular flexibility index (Phi) is 4.66. The van der Waals surface area contributed by atoms with Crippen molar-refractivity contribution in [1.29, 1.82) is 5.26 Å². The van der Waals surface area contributed by atoms with Gasteiger partial charge >= 0.3 is 0 Å². The number of benzene rings is 1. The normalized spacial score (nSPS) is 19.0. The first kappa shape index (κ1) is 15.9. The van der Waals surface area contributed by atoms with Crippen LogP contribution in [0.15, 0.2) is 24.3 Å². The molecule has 0 unspecified atom stereocenters. The summed E-state index contributed by atoms with van der Waals surface area (Å²) < 4.78 is 49.5. The van der Waals surface area contributed by atoms with Gasteiger partial charge in [0.15, 0.2) is 0 Å². The third-order valence-electron chi connectivity index (χ3n) is 3.47. The summed E-state index contributed by atoms with van der Waals surface area (Å²) in [5, 5.41) is 8.13. The monoisotopic (exact) mass is 328 g/mol. The van der Waals surface area contributed by atoms with Crippen molar-refractivity contribution in [2.24, 2.45) is 0 Å². The van der Waals surface area contributed by atoms with E-state index in [4.69, 9.17) is 5.26 Å². The van der Waals surface area contributed by atoms with E-state index in [0.29, 0.717) is 11.1 Å². The van der Waals surface area contributed by atoms with Crippen LogP contribution in [-0.2, 0) is 26.4 Å². The Morgan fingerprint density at radius 1 is 1.29 bits per heavy atom. The summed E-state index contributed by atoms with van der Waals surface area (Å²) in [6, 6.07) is 8.68. The Morgan fingerprint density at radius 3 is 2.57 bits per heavy atom. The van der Waals surface area contributed by atoms with Gasteiger partial charge in [-0.25, -0.2) is 21.6 Å². The van der Waals surface area contributed by atoms with E-state index in [0.717, 1.165) is 0 Å². The number of sulfonamides is 1. The molecule has 1 aromatic rings. The largest absolute Gasteiger partial charge is 0.229 e. The van der Waals surface area contributed by atoms with Crippen molar-refractivity contribution in [2.75, 3.05) is 11.5 Å². The van der Waals surface area contributed by atoms with Crippen LogP contribution in [0.1, 0.15) is 24.0 Å². The topological polar surface area (TPSA) is 104 Å². The van der Waals surface area contributed by atoms with E-state index >= 15 is 0 Å². The standard InChI is InChI=1S/C13H16N2O4S2/c14-9-11-2-1-3-12(8-11)10-15-21(18,19)13-4-6-20(16,17)7-5-13/h1-3,8,13,15H,4-7,10H2. The fourth-order valence-corrected chi connectivity index (χ4v) is 5.48. The van der Waals surface area contributed by atoms with Crippen molar-refractivity contribution >= 4 is 19.9 Å². The molecule has 0 saturated carbocycles. The lowest BCUT2D eigenvalue weighted by molar-refractivity contribution is 0.542. The molecule has 1 aliphatic rings. The first-order valence-electron chi connectivity index (χ1n) is 6.50. The van der Waals surface area contributed by atoms with E-state index in [-0.39, 0.29) is 30.9 Å². The molecule has 0 spiro atoms. The fourth-order valence-electron chi connectivity index (χ4n) is 2.23. The summed E-state index contributed by atoms with van der Waals surface area (Å²) in [4.78, 5) is 0. The molecular weight excluding hydrogens is 312 g/mol. The number of nitrogens with zero attached hydrogens (tertiary/aromatic N) is 1. The van der Waals surface area contributed by atoms with E-state index < -0.39 is 25.1 Å². The molecule has 2 rings (SSSR count). The van der Waals surface area contributed by atoms with Crippen LogP contribution in [-0.4, -0.2) is 33.6 Å². The zero-order valence-electron chi connectivity index (χ0n) is 11.3. The average molecular weight is 328 g/mol. The van der Waals surface area contributed by atoms with E-state index in [9.17, 15) is 16.8 Å². The molecule has 21 heavy (non-hydrogen) atoms. The first-order chi connectivity index (χ1) is 9.82. The molecule has 0 aromatic heterocycles. The predicted molar refractivity (Wildman–Crippen MR) is 78.6 cm³/mol. The zero-order valence-corrected chi connectivity index (χ0v) is 13.0. The highest BCUT2D eigenvalue weighted by molar-refractivity contribution is 7.92. The van der Waals surface area contributed by atoms with Crippen molar-refractivity contribution in [1.82, 2.24) is 4.72 Å². The van der Waals surface area contributed by atoms with Crippen molar-refractivity contribution in [3.8, 4) is 6.07 Å². The lowest BCUT2D eigenvalue weighted by Gasteiger charge is -2.22. The Labute approximate surface area is 124 Å². The summed E-state index contributed by atoms with van der Waals surface area (Å²) in [6.45, 7) is 0.0983. The van der Waals surface area contributed by atoms with Crippen LogP contribution in [0.25, 0.3) is 0 Å². The van der Waals surface area contributed by atoms with Crippen LogP contribution in [0, 0.1) is 11.3 Å². The van der Waals surface area contributed by atoms with Gasteiger partial charge < -0.3 is 0 Å². The summed E-state index contributed by atoms with van der Waals surface area (Å²) >= 11 is 0. The summed E-state index contributed by atoms with van der Waals surface area (Å²) in [7, 11) is -6.63. The summed E-state index contributed by atoms with van der Waals surface area (Å²) in [6.07, 6.45) is 0.270. The lowest BCUT2D eigenvalue weighted by Crippen LogP contribution is -2.39. The lowest BCUT2D eigenvalue weighted by atomic mass is 10.1. The van der Waals surface area contributed by atoms with Crippen LogP contribution in [0.4, 0.5) is 0 Å². The van der Waals surface area contributed by atoms with Crippen LogP contribution in [0.2, 0.25) is 0 Å². The average Bonchev–Trinajstić information content (AvgIpc) is 2.45. The molecular formula is C13H16N2O4S2. The smallest absolute Gasteiger partial charge is 0.214 e. The fraction of sp³-hybridized carbons (Fsp3) is 0.462. The van der Waals surface area contributed by atoms with Gasteiger partial charge in [-0.1, -0.05) is 12.1 Å². The number of nitrogens with one attached hydrogen (secondary N) is 1. The molecule has 1 aliphatic heterocycles. The molecule has 1 heterocycles. The Hall–Kier alpha value is -1.43. The first-order valence-corrected chi connectivity index (χ1v) is 9.87. The molecule has 1 N–H and O–H groups in total. The molecule has 0 radical (unpaired) electrons. The molecule has 0 atom stereocenters. The third-order valence-corrected chi connectivity index (χ3v) is 7.09. The highest BCUT2D eigenvalue weighted by atomic mass is 32.2. The summed E-state index contributed by atoms with van der Waals surface area (Å²) in [5.41, 5.74) is 1.16. The van der Waals surface area contributed by atoms with Crippen LogP contribution in [0.5, 0.6) is 0 Å². The molecule has 1 fully saturated rings. The van der Waals surface area contributed by atoms with Gasteiger partial charge in [0.05, 0.1) is 28.4 Å². The van der Waals surface area contributed by atoms with Crippen molar-refractivity contribution in [2.45, 2.75) is 24.6 Å². The second kappa shape index (κ2) is 6.13. The number of sulfone groups is 1. The van der Waals surface area contributed by atoms with E-state index in [1.165, 1.54) is 0 Å². The maximum absolute atomic E-state index is 12.2. The molecule has 1 aromatic carbocycles. The van der Waals surface area contributed by atoms with Crippen molar-refractivity contribution in [3.63, 3.8) is 0 Å². The minimum Gasteiger partial charge on any atom is -0.229 e. The minimum atomic E-state index is -3.55. The molecule has 6 nitrogen and oxygen atoms in total. The van der Waals surface area contributed by atoms with Gasteiger partial charge in [-0.2, -0.15) is 5.26 Å². The van der Waals surface area contributed by atoms with E-state index in [2.05, 4.69) is 4.72 Å². The number of hydrogen-bond donors (Lipinski definition) is 1. The van der Waals surface area contributed by atoms with Gasteiger partial charge in [0, 0.05) is 6.54 Å². The molecule has 1 saturated heterocycles. The number of rotatable bonds is 4. The SMILES string of the molecule is N#Cc1cccc(CNS(=O)(=O)C2CCS(=O)(=O)CC2)c1. The second-order valence-electron chi connectivity index (χ2n) is 5.03. The van der Waals surface area contributed by atoms with Crippen molar-refractivity contribution in [3.05, 3.63) is 35.4 Å². The van der Waals surface area contributed by atoms with Gasteiger partial charge in [-0.3, -0.25) is 0 Å². The minimum absolute atomic E-state index is 0.0809. The van der Waals surface area contributed by atoms with Crippen LogP contribution in [0.3, 0.4) is 0 Å². The molecule has 0 amide bonds. The van der Waals surface area contributed by atoms with Gasteiger partial charge in [0.1, 0.15) is 9.84 Å². The maximum atomic E-state index is 12.2. The van der Waals surface area contributed by atoms with Crippen LogP contribution < -0.4 is 4.72 Å². The van der Waals surface area contributed by atoms with Gasteiger partial charge in [-0.15, -0.1) is 0 Å². The Balaban J connectivity index is 2.00. The summed E-state index contributed by atoms with van der Waals surface area (Å²) in [5.74, 6) is -0.162. The Morgan fingerprint density at radius 2 is 1.95 bits per heavy atom. The van der Waals surface area contributed by atoms with Crippen LogP contribution >= 0.6 is 0 Å². The molecule has 114 valence electrons.